The topological polar surface area (TPSA) is 105 Å². The highest BCUT2D eigenvalue weighted by Gasteiger charge is 2.10. The zero-order chi connectivity index (χ0) is 14.4. The first-order chi connectivity index (χ1) is 10.3. The molecule has 0 bridgehead atoms. The summed E-state index contributed by atoms with van der Waals surface area (Å²) in [6.45, 7) is 0. The molecule has 0 aliphatic carbocycles. The van der Waals surface area contributed by atoms with Crippen LogP contribution >= 0.6 is 0 Å². The summed E-state index contributed by atoms with van der Waals surface area (Å²) < 4.78 is 1.65. The molecule has 0 amide bonds. The van der Waals surface area contributed by atoms with Gasteiger partial charge in [0.1, 0.15) is 16.6 Å². The number of aromatic nitrogens is 6. The first-order valence-electron chi connectivity index (χ1n) is 6.07. The van der Waals surface area contributed by atoms with Crippen molar-refractivity contribution < 1.29 is 5.21 Å². The van der Waals surface area contributed by atoms with Crippen LogP contribution in [0.2, 0.25) is 0 Å². The van der Waals surface area contributed by atoms with E-state index in [4.69, 9.17) is 5.26 Å². The molecule has 0 atom stereocenters. The highest BCUT2D eigenvalue weighted by molar-refractivity contribution is 5.80. The van der Waals surface area contributed by atoms with Gasteiger partial charge in [-0.1, -0.05) is 10.1 Å². The number of nitrogens with zero attached hydrogens (tertiary/aromatic N) is 7. The predicted molar refractivity (Wildman–Crippen MR) is 71.9 cm³/mol. The lowest BCUT2D eigenvalue weighted by molar-refractivity contribution is 0.155. The number of hydrogen-bond donors (Lipinski definition) is 1. The maximum Gasteiger partial charge on any atom is 0.130 e. The van der Waals surface area contributed by atoms with Crippen molar-refractivity contribution in [2.75, 3.05) is 0 Å². The molecule has 100 valence electrons. The molecule has 21 heavy (non-hydrogen) atoms. The smallest absolute Gasteiger partial charge is 0.130 e. The third kappa shape index (κ3) is 1.61. The van der Waals surface area contributed by atoms with Crippen LogP contribution in [0.5, 0.6) is 0 Å². The molecule has 8 heteroatoms. The van der Waals surface area contributed by atoms with Crippen LogP contribution in [0.25, 0.3) is 27.8 Å². The molecule has 2 aromatic carbocycles. The Morgan fingerprint density at radius 2 is 1.71 bits per heavy atom. The lowest BCUT2D eigenvalue weighted by Crippen LogP contribution is -1.97. The molecule has 0 radical (unpaired) electrons. The summed E-state index contributed by atoms with van der Waals surface area (Å²) in [5.74, 6) is 0. The minimum absolute atomic E-state index is 0.509. The van der Waals surface area contributed by atoms with Gasteiger partial charge < -0.3 is 5.21 Å². The van der Waals surface area contributed by atoms with E-state index in [0.717, 1.165) is 16.0 Å². The lowest BCUT2D eigenvalue weighted by atomic mass is 10.2. The van der Waals surface area contributed by atoms with E-state index in [1.54, 1.807) is 41.1 Å². The lowest BCUT2D eigenvalue weighted by Gasteiger charge is -2.01. The Kier molecular flexibility index (Phi) is 2.17. The van der Waals surface area contributed by atoms with E-state index in [1.165, 1.54) is 0 Å². The van der Waals surface area contributed by atoms with Gasteiger partial charge in [0, 0.05) is 0 Å². The van der Waals surface area contributed by atoms with Crippen molar-refractivity contribution in [2.45, 2.75) is 0 Å². The van der Waals surface area contributed by atoms with E-state index in [-0.39, 0.29) is 0 Å². The van der Waals surface area contributed by atoms with E-state index in [1.807, 2.05) is 0 Å². The number of rotatable bonds is 1. The van der Waals surface area contributed by atoms with Crippen LogP contribution < -0.4 is 0 Å². The second-order valence-corrected chi connectivity index (χ2v) is 4.47. The van der Waals surface area contributed by atoms with Gasteiger partial charge >= 0.3 is 0 Å². The van der Waals surface area contributed by atoms with Crippen LogP contribution in [0, 0.1) is 11.3 Å². The Bertz CT molecular complexity index is 1020. The highest BCUT2D eigenvalue weighted by atomic mass is 16.5. The van der Waals surface area contributed by atoms with Gasteiger partial charge in [-0.3, -0.25) is 0 Å². The van der Waals surface area contributed by atoms with Gasteiger partial charge in [-0.05, 0) is 41.6 Å². The fourth-order valence-electron chi connectivity index (χ4n) is 2.22. The van der Waals surface area contributed by atoms with Crippen LogP contribution in [0.1, 0.15) is 5.56 Å². The zero-order valence-electron chi connectivity index (χ0n) is 10.5. The van der Waals surface area contributed by atoms with E-state index in [2.05, 4.69) is 26.7 Å². The molecule has 0 saturated heterocycles. The molecule has 0 aliphatic heterocycles. The fourth-order valence-corrected chi connectivity index (χ4v) is 2.22. The van der Waals surface area contributed by atoms with Crippen LogP contribution in [0.3, 0.4) is 0 Å². The second kappa shape index (κ2) is 4.01. The first-order valence-corrected chi connectivity index (χ1v) is 6.07. The van der Waals surface area contributed by atoms with Gasteiger partial charge in [0.25, 0.3) is 0 Å². The molecule has 0 unspecified atom stereocenters. The van der Waals surface area contributed by atoms with Crippen molar-refractivity contribution in [3.8, 4) is 11.8 Å². The van der Waals surface area contributed by atoms with Gasteiger partial charge in [0.2, 0.25) is 0 Å². The first kappa shape index (κ1) is 11.4. The summed E-state index contributed by atoms with van der Waals surface area (Å²) in [6, 6.07) is 12.5. The molecule has 0 fully saturated rings. The number of fused-ring (bicyclic) bond motifs is 2. The molecule has 4 aromatic rings. The molecule has 0 spiro atoms. The van der Waals surface area contributed by atoms with Crippen molar-refractivity contribution in [3.63, 3.8) is 0 Å². The molecule has 2 aromatic heterocycles. The Morgan fingerprint density at radius 3 is 2.57 bits per heavy atom. The molecular weight excluding hydrogens is 270 g/mol. The maximum atomic E-state index is 9.44. The highest BCUT2D eigenvalue weighted by Crippen LogP contribution is 2.20. The minimum Gasteiger partial charge on any atom is -0.410 e. The van der Waals surface area contributed by atoms with Crippen LogP contribution in [-0.2, 0) is 0 Å². The molecular formula is C13H7N7O. The second-order valence-electron chi connectivity index (χ2n) is 4.47. The van der Waals surface area contributed by atoms with Crippen LogP contribution in [0.15, 0.2) is 36.4 Å². The summed E-state index contributed by atoms with van der Waals surface area (Å²) in [5.41, 5.74) is 3.76. The average molecular weight is 277 g/mol. The Labute approximate surface area is 117 Å². The standard InChI is InChI=1S/C13H7N7O/c14-7-8-1-3-12-10(5-8)15-17-19(12)9-2-4-13-11(6-9)16-18-20(13)21/h1-6,21H. The van der Waals surface area contributed by atoms with E-state index >= 15 is 0 Å². The summed E-state index contributed by atoms with van der Waals surface area (Å²) in [5, 5.41) is 33.9. The third-order valence-electron chi connectivity index (χ3n) is 3.23. The molecule has 1 N–H and O–H groups in total. The van der Waals surface area contributed by atoms with Crippen molar-refractivity contribution in [2.24, 2.45) is 0 Å². The Morgan fingerprint density at radius 1 is 0.952 bits per heavy atom. The molecule has 0 aliphatic rings. The van der Waals surface area contributed by atoms with Crippen molar-refractivity contribution >= 4 is 22.1 Å². The van der Waals surface area contributed by atoms with Crippen molar-refractivity contribution in [3.05, 3.63) is 42.0 Å². The normalized spacial score (nSPS) is 11.0. The van der Waals surface area contributed by atoms with E-state index in [0.29, 0.717) is 22.1 Å². The number of hydrogen-bond acceptors (Lipinski definition) is 6. The number of nitriles is 1. The summed E-state index contributed by atoms with van der Waals surface area (Å²) in [7, 11) is 0. The average Bonchev–Trinajstić information content (AvgIpc) is 3.10. The van der Waals surface area contributed by atoms with Crippen LogP contribution in [-0.4, -0.2) is 35.4 Å². The molecule has 2 heterocycles. The van der Waals surface area contributed by atoms with Crippen LogP contribution in [0.4, 0.5) is 0 Å². The minimum atomic E-state index is 0.509. The fraction of sp³-hybridized carbons (Fsp3) is 0. The zero-order valence-corrected chi connectivity index (χ0v) is 10.5. The number of benzene rings is 2. The Balaban J connectivity index is 1.93. The van der Waals surface area contributed by atoms with Gasteiger partial charge in [-0.25, -0.2) is 4.68 Å². The summed E-state index contributed by atoms with van der Waals surface area (Å²) in [6.07, 6.45) is 0. The van der Waals surface area contributed by atoms with Gasteiger partial charge in [-0.2, -0.15) is 5.26 Å². The van der Waals surface area contributed by atoms with Gasteiger partial charge in [-0.15, -0.1) is 10.2 Å². The maximum absolute atomic E-state index is 9.44. The molecule has 0 saturated carbocycles. The largest absolute Gasteiger partial charge is 0.410 e. The van der Waals surface area contributed by atoms with Gasteiger partial charge in [0.15, 0.2) is 0 Å². The van der Waals surface area contributed by atoms with Gasteiger partial charge in [0.05, 0.1) is 22.8 Å². The quantitative estimate of drug-likeness (QED) is 0.525. The van der Waals surface area contributed by atoms with E-state index in [9.17, 15) is 5.21 Å². The summed E-state index contributed by atoms with van der Waals surface area (Å²) in [4.78, 5) is 0.720. The molecule has 8 nitrogen and oxygen atoms in total. The van der Waals surface area contributed by atoms with Crippen molar-refractivity contribution in [1.29, 1.82) is 5.26 Å². The Hall–Kier alpha value is -3.47. The summed E-state index contributed by atoms with van der Waals surface area (Å²) >= 11 is 0. The molecule has 4 rings (SSSR count). The SMILES string of the molecule is N#Cc1ccc2c(c1)nnn2-c1ccc2c(c1)nnn2O. The monoisotopic (exact) mass is 277 g/mol. The predicted octanol–water partition coefficient (Wildman–Crippen LogP) is 1.27. The van der Waals surface area contributed by atoms with E-state index < -0.39 is 0 Å². The third-order valence-corrected chi connectivity index (χ3v) is 3.23. The van der Waals surface area contributed by atoms with Crippen molar-refractivity contribution in [1.82, 2.24) is 30.2 Å².